The van der Waals surface area contributed by atoms with Gasteiger partial charge in [0.05, 0.1) is 0 Å². The van der Waals surface area contributed by atoms with Crippen molar-refractivity contribution in [1.82, 2.24) is 9.59 Å². The lowest BCUT2D eigenvalue weighted by atomic mass is 10.3. The fourth-order valence-corrected chi connectivity index (χ4v) is 2.69. The average Bonchev–Trinajstić information content (AvgIpc) is 2.63. The zero-order valence-electron chi connectivity index (χ0n) is 7.55. The Labute approximate surface area is 100 Å². The number of benzene rings is 1. The molecule has 1 aromatic carbocycles. The normalized spacial score (nSPS) is 10.5. The number of halogens is 1. The van der Waals surface area contributed by atoms with Gasteiger partial charge in [0.15, 0.2) is 0 Å². The van der Waals surface area contributed by atoms with Gasteiger partial charge in [0.1, 0.15) is 15.8 Å². The van der Waals surface area contributed by atoms with E-state index in [1.807, 2.05) is 12.1 Å². The first-order valence-corrected chi connectivity index (χ1v) is 6.28. The van der Waals surface area contributed by atoms with Crippen LogP contribution in [0.3, 0.4) is 0 Å². The van der Waals surface area contributed by atoms with Gasteiger partial charge < -0.3 is 5.11 Å². The van der Waals surface area contributed by atoms with Crippen LogP contribution in [0.5, 0.6) is 5.75 Å². The Bertz CT molecular complexity index is 461. The fourth-order valence-electron chi connectivity index (χ4n) is 1.01. The van der Waals surface area contributed by atoms with Crippen LogP contribution in [0.1, 0.15) is 5.69 Å². The number of aromatic hydroxyl groups is 1. The number of hydrogen-bond acceptors (Lipinski definition) is 5. The lowest BCUT2D eigenvalue weighted by Gasteiger charge is -2.01. The summed E-state index contributed by atoms with van der Waals surface area (Å²) in [7, 11) is 0. The van der Waals surface area contributed by atoms with Gasteiger partial charge in [-0.2, -0.15) is 0 Å². The van der Waals surface area contributed by atoms with Crippen LogP contribution in [0.25, 0.3) is 0 Å². The third-order valence-corrected chi connectivity index (χ3v) is 3.80. The highest BCUT2D eigenvalue weighted by Gasteiger charge is 2.07. The molecule has 0 amide bonds. The predicted molar refractivity (Wildman–Crippen MR) is 62.6 cm³/mol. The SMILES string of the molecule is Oc1ccccc1SCc1nnsc1Cl. The molecule has 0 atom stereocenters. The molecular weight excluding hydrogens is 252 g/mol. The predicted octanol–water partition coefficient (Wildman–Crippen LogP) is 3.19. The smallest absolute Gasteiger partial charge is 0.138 e. The van der Waals surface area contributed by atoms with Crippen molar-refractivity contribution in [2.75, 3.05) is 0 Å². The van der Waals surface area contributed by atoms with Gasteiger partial charge in [-0.15, -0.1) is 16.9 Å². The van der Waals surface area contributed by atoms with E-state index >= 15 is 0 Å². The maximum atomic E-state index is 9.52. The van der Waals surface area contributed by atoms with Gasteiger partial charge in [-0.1, -0.05) is 28.2 Å². The molecule has 0 saturated carbocycles. The van der Waals surface area contributed by atoms with Crippen LogP contribution < -0.4 is 0 Å². The molecule has 6 heteroatoms. The summed E-state index contributed by atoms with van der Waals surface area (Å²) in [5.74, 6) is 0.897. The van der Waals surface area contributed by atoms with E-state index in [-0.39, 0.29) is 5.75 Å². The van der Waals surface area contributed by atoms with Crippen LogP contribution >= 0.6 is 34.9 Å². The van der Waals surface area contributed by atoms with E-state index < -0.39 is 0 Å². The van der Waals surface area contributed by atoms with Gasteiger partial charge >= 0.3 is 0 Å². The monoisotopic (exact) mass is 258 g/mol. The Hall–Kier alpha value is -0.780. The zero-order valence-corrected chi connectivity index (χ0v) is 9.94. The van der Waals surface area contributed by atoms with E-state index in [0.717, 1.165) is 10.6 Å². The average molecular weight is 259 g/mol. The molecule has 0 aliphatic heterocycles. The van der Waals surface area contributed by atoms with Crippen molar-refractivity contribution in [3.8, 4) is 5.75 Å². The summed E-state index contributed by atoms with van der Waals surface area (Å²) in [6, 6.07) is 7.18. The summed E-state index contributed by atoms with van der Waals surface area (Å²) in [5.41, 5.74) is 0.759. The molecule has 0 unspecified atom stereocenters. The summed E-state index contributed by atoms with van der Waals surface area (Å²) in [6.45, 7) is 0. The summed E-state index contributed by atoms with van der Waals surface area (Å²) >= 11 is 8.52. The highest BCUT2D eigenvalue weighted by molar-refractivity contribution is 7.98. The molecule has 0 saturated heterocycles. The molecule has 15 heavy (non-hydrogen) atoms. The molecule has 0 aliphatic rings. The first-order valence-electron chi connectivity index (χ1n) is 4.15. The minimum atomic E-state index is 0.279. The summed E-state index contributed by atoms with van der Waals surface area (Å²) in [6.07, 6.45) is 0. The molecule has 0 spiro atoms. The van der Waals surface area contributed by atoms with Crippen molar-refractivity contribution < 1.29 is 5.11 Å². The van der Waals surface area contributed by atoms with Gasteiger partial charge in [-0.3, -0.25) is 0 Å². The molecule has 1 aromatic heterocycles. The number of aromatic nitrogens is 2. The highest BCUT2D eigenvalue weighted by atomic mass is 35.5. The van der Waals surface area contributed by atoms with Crippen molar-refractivity contribution in [2.24, 2.45) is 0 Å². The van der Waals surface area contributed by atoms with Crippen molar-refractivity contribution in [2.45, 2.75) is 10.6 Å². The second kappa shape index (κ2) is 4.83. The minimum Gasteiger partial charge on any atom is -0.507 e. The number of hydrogen-bond donors (Lipinski definition) is 1. The first kappa shape index (κ1) is 10.7. The van der Waals surface area contributed by atoms with E-state index in [9.17, 15) is 5.11 Å². The van der Waals surface area contributed by atoms with Crippen molar-refractivity contribution in [3.63, 3.8) is 0 Å². The third kappa shape index (κ3) is 2.62. The Morgan fingerprint density at radius 2 is 2.20 bits per heavy atom. The van der Waals surface area contributed by atoms with E-state index in [1.54, 1.807) is 12.1 Å². The highest BCUT2D eigenvalue weighted by Crippen LogP contribution is 2.32. The van der Waals surface area contributed by atoms with Gasteiger partial charge in [0.25, 0.3) is 0 Å². The fraction of sp³-hybridized carbons (Fsp3) is 0.111. The maximum Gasteiger partial charge on any atom is 0.138 e. The van der Waals surface area contributed by atoms with E-state index in [1.165, 1.54) is 23.3 Å². The largest absolute Gasteiger partial charge is 0.507 e. The molecule has 0 fully saturated rings. The standard InChI is InChI=1S/C9H7ClN2OS2/c10-9-6(11-12-15-9)5-14-8-4-2-1-3-7(8)13/h1-4,13H,5H2. The van der Waals surface area contributed by atoms with Crippen LogP contribution in [0.15, 0.2) is 29.2 Å². The lowest BCUT2D eigenvalue weighted by Crippen LogP contribution is -1.82. The second-order valence-corrected chi connectivity index (χ2v) is 5.12. The van der Waals surface area contributed by atoms with Crippen LogP contribution in [0, 0.1) is 0 Å². The van der Waals surface area contributed by atoms with Gasteiger partial charge in [-0.05, 0) is 12.1 Å². The quantitative estimate of drug-likeness (QED) is 0.859. The van der Waals surface area contributed by atoms with E-state index in [2.05, 4.69) is 9.59 Å². The second-order valence-electron chi connectivity index (χ2n) is 2.75. The summed E-state index contributed by atoms with van der Waals surface area (Å²) in [5, 5.41) is 13.4. The van der Waals surface area contributed by atoms with Crippen LogP contribution in [0.4, 0.5) is 0 Å². The minimum absolute atomic E-state index is 0.279. The van der Waals surface area contributed by atoms with E-state index in [0.29, 0.717) is 10.1 Å². The van der Waals surface area contributed by atoms with Crippen LogP contribution in [-0.4, -0.2) is 14.7 Å². The molecule has 3 nitrogen and oxygen atoms in total. The lowest BCUT2D eigenvalue weighted by molar-refractivity contribution is 0.462. The Morgan fingerprint density at radius 3 is 2.87 bits per heavy atom. The molecular formula is C9H7ClN2OS2. The van der Waals surface area contributed by atoms with Crippen LogP contribution in [0.2, 0.25) is 4.34 Å². The number of phenols is 1. The van der Waals surface area contributed by atoms with Crippen LogP contribution in [-0.2, 0) is 5.75 Å². The number of rotatable bonds is 3. The maximum absolute atomic E-state index is 9.52. The first-order chi connectivity index (χ1) is 7.27. The molecule has 0 radical (unpaired) electrons. The number of para-hydroxylation sites is 1. The van der Waals surface area contributed by atoms with Gasteiger partial charge in [0.2, 0.25) is 0 Å². The van der Waals surface area contributed by atoms with Crippen molar-refractivity contribution >= 4 is 34.9 Å². The number of nitrogens with zero attached hydrogens (tertiary/aromatic N) is 2. The molecule has 2 rings (SSSR count). The molecule has 1 N–H and O–H groups in total. The summed E-state index contributed by atoms with van der Waals surface area (Å²) in [4.78, 5) is 0.821. The molecule has 1 heterocycles. The van der Waals surface area contributed by atoms with E-state index in [4.69, 9.17) is 11.6 Å². The zero-order chi connectivity index (χ0) is 10.7. The topological polar surface area (TPSA) is 46.0 Å². The Kier molecular flexibility index (Phi) is 3.45. The van der Waals surface area contributed by atoms with Crippen molar-refractivity contribution in [3.05, 3.63) is 34.3 Å². The Morgan fingerprint density at radius 1 is 1.40 bits per heavy atom. The molecule has 78 valence electrons. The van der Waals surface area contributed by atoms with Crippen molar-refractivity contribution in [1.29, 1.82) is 0 Å². The number of thioether (sulfide) groups is 1. The third-order valence-electron chi connectivity index (χ3n) is 1.74. The number of phenolic OH excluding ortho intramolecular Hbond substituents is 1. The Balaban J connectivity index is 2.06. The van der Waals surface area contributed by atoms with Gasteiger partial charge in [-0.25, -0.2) is 0 Å². The molecule has 0 bridgehead atoms. The van der Waals surface area contributed by atoms with Gasteiger partial charge in [0, 0.05) is 22.2 Å². The molecule has 2 aromatic rings. The summed E-state index contributed by atoms with van der Waals surface area (Å²) < 4.78 is 4.35. The molecule has 0 aliphatic carbocycles.